The Bertz CT molecular complexity index is 422. The molecule has 0 aromatic heterocycles. The number of amides is 1. The Morgan fingerprint density at radius 2 is 2.20 bits per heavy atom. The zero-order valence-corrected chi connectivity index (χ0v) is 9.27. The van der Waals surface area contributed by atoms with Crippen molar-refractivity contribution in [2.75, 3.05) is 5.32 Å². The molecule has 1 aromatic carbocycles. The van der Waals surface area contributed by atoms with E-state index in [0.29, 0.717) is 0 Å². The van der Waals surface area contributed by atoms with Gasteiger partial charge in [-0.3, -0.25) is 9.59 Å². The molecule has 3 nitrogen and oxygen atoms in total. The molecule has 0 bridgehead atoms. The summed E-state index contributed by atoms with van der Waals surface area (Å²) in [5.41, 5.74) is 0.797. The number of fused-ring (bicyclic) bond motifs is 1. The van der Waals surface area contributed by atoms with Gasteiger partial charge in [0.15, 0.2) is 0 Å². The molecular weight excluding hydrogens is 234 g/mol. The average Bonchev–Trinajstić information content (AvgIpc) is 2.18. The summed E-state index contributed by atoms with van der Waals surface area (Å²) in [5, 5.41) is 1.85. The fraction of sp³-hybridized carbons (Fsp3) is 0.200. The summed E-state index contributed by atoms with van der Waals surface area (Å²) in [7, 11) is 0. The van der Waals surface area contributed by atoms with Crippen LogP contribution in [-0.4, -0.2) is 16.4 Å². The van der Waals surface area contributed by atoms with E-state index in [0.717, 1.165) is 10.6 Å². The van der Waals surface area contributed by atoms with Crippen molar-refractivity contribution in [2.24, 2.45) is 0 Å². The number of nitrogens with one attached hydrogen (secondary N) is 1. The molecule has 1 heterocycles. The van der Waals surface area contributed by atoms with Crippen LogP contribution in [0.25, 0.3) is 0 Å². The monoisotopic (exact) mass is 241 g/mol. The number of rotatable bonds is 2. The van der Waals surface area contributed by atoms with Gasteiger partial charge in [0.25, 0.3) is 0 Å². The first-order valence-electron chi connectivity index (χ1n) is 4.41. The van der Waals surface area contributed by atoms with Crippen LogP contribution >= 0.6 is 23.4 Å². The van der Waals surface area contributed by atoms with Crippen LogP contribution in [0.1, 0.15) is 6.42 Å². The molecule has 1 aromatic rings. The Labute approximate surface area is 96.2 Å². The first-order valence-corrected chi connectivity index (χ1v) is 5.67. The summed E-state index contributed by atoms with van der Waals surface area (Å²) in [6, 6.07) is 7.49. The molecule has 5 heteroatoms. The summed E-state index contributed by atoms with van der Waals surface area (Å²) in [5.74, 6) is -0.160. The van der Waals surface area contributed by atoms with Crippen LogP contribution in [0.4, 0.5) is 5.69 Å². The van der Waals surface area contributed by atoms with Gasteiger partial charge in [-0.05, 0) is 23.7 Å². The maximum atomic E-state index is 11.5. The number of halogens is 1. The van der Waals surface area contributed by atoms with Crippen molar-refractivity contribution in [2.45, 2.75) is 16.6 Å². The molecule has 0 spiro atoms. The van der Waals surface area contributed by atoms with E-state index in [1.54, 1.807) is 0 Å². The van der Waals surface area contributed by atoms with Crippen molar-refractivity contribution in [3.05, 3.63) is 24.3 Å². The van der Waals surface area contributed by atoms with E-state index in [9.17, 15) is 9.59 Å². The number of carbonyl (C=O) groups is 2. The first kappa shape index (κ1) is 10.5. The molecule has 2 rings (SSSR count). The summed E-state index contributed by atoms with van der Waals surface area (Å²) in [4.78, 5) is 23.3. The lowest BCUT2D eigenvalue weighted by atomic mass is 10.2. The smallest absolute Gasteiger partial charge is 0.238 e. The molecule has 78 valence electrons. The highest BCUT2D eigenvalue weighted by atomic mass is 35.5. The zero-order valence-electron chi connectivity index (χ0n) is 7.70. The molecule has 1 N–H and O–H groups in total. The second-order valence-corrected chi connectivity index (χ2v) is 4.82. The van der Waals surface area contributed by atoms with E-state index in [2.05, 4.69) is 5.32 Å². The lowest BCUT2D eigenvalue weighted by Gasteiger charge is -2.22. The highest BCUT2D eigenvalue weighted by Crippen LogP contribution is 2.36. The Balaban J connectivity index is 2.22. The summed E-state index contributed by atoms with van der Waals surface area (Å²) in [6.45, 7) is 0. The average molecular weight is 242 g/mol. The number of hydrogen-bond acceptors (Lipinski definition) is 3. The van der Waals surface area contributed by atoms with Gasteiger partial charge in [0.1, 0.15) is 0 Å². The fourth-order valence-corrected chi connectivity index (χ4v) is 2.73. The normalized spacial score (nSPS) is 19.3. The molecule has 1 unspecified atom stereocenters. The molecule has 1 aliphatic heterocycles. The van der Waals surface area contributed by atoms with E-state index < -0.39 is 10.5 Å². The van der Waals surface area contributed by atoms with Crippen molar-refractivity contribution < 1.29 is 9.59 Å². The lowest BCUT2D eigenvalue weighted by molar-refractivity contribution is -0.118. The van der Waals surface area contributed by atoms with E-state index in [-0.39, 0.29) is 12.3 Å². The van der Waals surface area contributed by atoms with Crippen LogP contribution in [0.3, 0.4) is 0 Å². The predicted octanol–water partition coefficient (Wildman–Crippen LogP) is 2.25. The maximum absolute atomic E-state index is 11.5. The number of benzene rings is 1. The van der Waals surface area contributed by atoms with Crippen molar-refractivity contribution >= 4 is 40.2 Å². The maximum Gasteiger partial charge on any atom is 0.238 e. The first-order chi connectivity index (χ1) is 7.16. The molecule has 0 aliphatic carbocycles. The lowest BCUT2D eigenvalue weighted by Crippen LogP contribution is -2.30. The van der Waals surface area contributed by atoms with Crippen LogP contribution in [0.5, 0.6) is 0 Å². The van der Waals surface area contributed by atoms with Crippen molar-refractivity contribution in [3.63, 3.8) is 0 Å². The topological polar surface area (TPSA) is 46.2 Å². The number of anilines is 1. The van der Waals surface area contributed by atoms with E-state index >= 15 is 0 Å². The van der Waals surface area contributed by atoms with Crippen molar-refractivity contribution in [3.8, 4) is 0 Å². The molecule has 0 fully saturated rings. The van der Waals surface area contributed by atoms with Gasteiger partial charge < -0.3 is 5.32 Å². The van der Waals surface area contributed by atoms with Crippen molar-refractivity contribution in [1.82, 2.24) is 0 Å². The van der Waals surface area contributed by atoms with Gasteiger partial charge in [0.05, 0.1) is 10.9 Å². The zero-order chi connectivity index (χ0) is 10.8. The van der Waals surface area contributed by atoms with E-state index in [1.807, 2.05) is 24.3 Å². The minimum Gasteiger partial charge on any atom is -0.324 e. The Hall–Kier alpha value is -1.00. The van der Waals surface area contributed by atoms with Crippen LogP contribution in [-0.2, 0) is 9.59 Å². The number of thioether (sulfide) groups is 1. The summed E-state index contributed by atoms with van der Waals surface area (Å²) in [6.07, 6.45) is 0.0619. The van der Waals surface area contributed by atoms with Gasteiger partial charge in [-0.1, -0.05) is 12.1 Å². The van der Waals surface area contributed by atoms with Gasteiger partial charge in [-0.15, -0.1) is 11.8 Å². The minimum atomic E-state index is -0.484. The molecule has 0 saturated heterocycles. The van der Waals surface area contributed by atoms with E-state index in [1.165, 1.54) is 11.8 Å². The van der Waals surface area contributed by atoms with Crippen molar-refractivity contribution in [1.29, 1.82) is 0 Å². The number of para-hydroxylation sites is 1. The fourth-order valence-electron chi connectivity index (χ4n) is 1.37. The predicted molar refractivity (Wildman–Crippen MR) is 60.2 cm³/mol. The van der Waals surface area contributed by atoms with Gasteiger partial charge in [0, 0.05) is 11.3 Å². The second kappa shape index (κ2) is 4.24. The quantitative estimate of drug-likeness (QED) is 0.808. The Morgan fingerprint density at radius 1 is 1.47 bits per heavy atom. The van der Waals surface area contributed by atoms with Gasteiger partial charge in [0.2, 0.25) is 11.1 Å². The SMILES string of the molecule is O=C(Cl)CC1Sc2ccccc2NC1=O. The van der Waals surface area contributed by atoms with Gasteiger partial charge in [-0.25, -0.2) is 0 Å². The standard InChI is InChI=1S/C10H8ClNO2S/c11-9(13)5-8-10(14)12-6-3-1-2-4-7(6)15-8/h1-4,8H,5H2,(H,12,14). The second-order valence-electron chi connectivity index (χ2n) is 3.15. The number of hydrogen-bond donors (Lipinski definition) is 1. The summed E-state index contributed by atoms with van der Waals surface area (Å²) >= 11 is 6.65. The third-order valence-corrected chi connectivity index (χ3v) is 3.48. The van der Waals surface area contributed by atoms with Crippen LogP contribution < -0.4 is 5.32 Å². The minimum absolute atomic E-state index is 0.0619. The van der Waals surface area contributed by atoms with Crippen LogP contribution in [0.15, 0.2) is 29.2 Å². The van der Waals surface area contributed by atoms with Gasteiger partial charge >= 0.3 is 0 Å². The van der Waals surface area contributed by atoms with Gasteiger partial charge in [-0.2, -0.15) is 0 Å². The molecule has 1 amide bonds. The molecule has 15 heavy (non-hydrogen) atoms. The summed E-state index contributed by atoms with van der Waals surface area (Å²) < 4.78 is 0. The molecule has 0 saturated carbocycles. The third-order valence-electron chi connectivity index (χ3n) is 2.05. The molecule has 0 radical (unpaired) electrons. The molecule has 1 aliphatic rings. The Morgan fingerprint density at radius 3 is 2.93 bits per heavy atom. The van der Waals surface area contributed by atoms with Crippen LogP contribution in [0.2, 0.25) is 0 Å². The highest BCUT2D eigenvalue weighted by Gasteiger charge is 2.27. The largest absolute Gasteiger partial charge is 0.324 e. The highest BCUT2D eigenvalue weighted by molar-refractivity contribution is 8.01. The number of carbonyl (C=O) groups excluding carboxylic acids is 2. The molecular formula is C10H8ClNO2S. The molecule has 1 atom stereocenters. The Kier molecular flexibility index (Phi) is 2.98. The third kappa shape index (κ3) is 2.33. The van der Waals surface area contributed by atoms with E-state index in [4.69, 9.17) is 11.6 Å². The van der Waals surface area contributed by atoms with Crippen LogP contribution in [0, 0.1) is 0 Å².